The van der Waals surface area contributed by atoms with E-state index >= 15 is 0 Å². The van der Waals surface area contributed by atoms with E-state index in [9.17, 15) is 32.3 Å². The van der Waals surface area contributed by atoms with Crippen molar-refractivity contribution in [1.82, 2.24) is 15.1 Å². The van der Waals surface area contributed by atoms with E-state index < -0.39 is 24.0 Å². The van der Waals surface area contributed by atoms with Gasteiger partial charge in [0.2, 0.25) is 5.91 Å². The number of aromatic nitrogens is 2. The SMILES string of the molecule is CN(C)C/C=C/C(=O)Nc1cccc(C(=O)Nc2ccc(NC(=O)c3n[nH]cc3NC(=O)c3c(Cl)cccc3Cl)cc2)c1.O=C(O)C(F)(F)F. The van der Waals surface area contributed by atoms with Gasteiger partial charge in [-0.25, -0.2) is 4.79 Å². The fourth-order valence-corrected chi connectivity index (χ4v) is 4.35. The summed E-state index contributed by atoms with van der Waals surface area (Å²) in [5.74, 6) is -4.63. The van der Waals surface area contributed by atoms with Crippen LogP contribution in [0, 0.1) is 0 Å². The number of carboxylic acid groups (broad SMARTS) is 1. The van der Waals surface area contributed by atoms with Crippen LogP contribution >= 0.6 is 23.2 Å². The number of aromatic amines is 1. The molecular weight excluding hydrogens is 706 g/mol. The first kappa shape index (κ1) is 38.7. The number of nitrogens with one attached hydrogen (secondary N) is 5. The minimum absolute atomic E-state index is 0.0610. The second-order valence-electron chi connectivity index (χ2n) is 10.2. The van der Waals surface area contributed by atoms with Crippen LogP contribution < -0.4 is 21.3 Å². The highest BCUT2D eigenvalue weighted by Crippen LogP contribution is 2.26. The number of rotatable bonds is 10. The Hall–Kier alpha value is -5.71. The number of nitrogens with zero attached hydrogens (tertiary/aromatic N) is 2. The summed E-state index contributed by atoms with van der Waals surface area (Å²) in [5.41, 5.74) is 1.87. The molecule has 3 aromatic carbocycles. The van der Waals surface area contributed by atoms with Crippen LogP contribution in [-0.2, 0) is 9.59 Å². The third kappa shape index (κ3) is 11.8. The molecule has 0 saturated heterocycles. The zero-order chi connectivity index (χ0) is 37.0. The number of halogens is 5. The summed E-state index contributed by atoms with van der Waals surface area (Å²) in [7, 11) is 3.80. The molecule has 0 unspecified atom stereocenters. The third-order valence-corrected chi connectivity index (χ3v) is 6.70. The first-order chi connectivity index (χ1) is 23.5. The number of H-pyrrole nitrogens is 1. The Morgan fingerprint density at radius 3 is 1.94 bits per heavy atom. The van der Waals surface area contributed by atoms with Gasteiger partial charge >= 0.3 is 12.1 Å². The molecule has 4 aromatic rings. The molecule has 1 aromatic heterocycles. The fraction of sp³-hybridized carbons (Fsp3) is 0.125. The molecule has 0 aliphatic carbocycles. The molecule has 262 valence electrons. The number of hydrogen-bond acceptors (Lipinski definition) is 7. The first-order valence-corrected chi connectivity index (χ1v) is 14.8. The number of carboxylic acids is 1. The molecule has 1 heterocycles. The van der Waals surface area contributed by atoms with E-state index in [1.165, 1.54) is 24.4 Å². The molecule has 18 heteroatoms. The number of alkyl halides is 3. The highest BCUT2D eigenvalue weighted by atomic mass is 35.5. The van der Waals surface area contributed by atoms with Crippen molar-refractivity contribution in [3.63, 3.8) is 0 Å². The van der Waals surface area contributed by atoms with Gasteiger partial charge in [0.25, 0.3) is 17.7 Å². The summed E-state index contributed by atoms with van der Waals surface area (Å²) in [6, 6.07) is 17.6. The van der Waals surface area contributed by atoms with E-state index in [1.807, 2.05) is 19.0 Å². The Morgan fingerprint density at radius 2 is 1.38 bits per heavy atom. The van der Waals surface area contributed by atoms with Crippen molar-refractivity contribution in [2.75, 3.05) is 41.9 Å². The van der Waals surface area contributed by atoms with Crippen LogP contribution in [0.5, 0.6) is 0 Å². The van der Waals surface area contributed by atoms with E-state index in [0.29, 0.717) is 29.2 Å². The normalized spacial score (nSPS) is 11.0. The third-order valence-electron chi connectivity index (χ3n) is 6.07. The molecule has 0 bridgehead atoms. The number of likely N-dealkylation sites (N-methyl/N-ethyl adjacent to an activating group) is 1. The van der Waals surface area contributed by atoms with Crippen LogP contribution in [0.15, 0.2) is 85.1 Å². The highest BCUT2D eigenvalue weighted by molar-refractivity contribution is 6.40. The van der Waals surface area contributed by atoms with E-state index in [2.05, 4.69) is 31.5 Å². The largest absolute Gasteiger partial charge is 0.490 e. The number of amides is 4. The average molecular weight is 735 g/mol. The maximum atomic E-state index is 12.9. The summed E-state index contributed by atoms with van der Waals surface area (Å²) >= 11 is 12.2. The van der Waals surface area contributed by atoms with E-state index in [1.54, 1.807) is 60.7 Å². The molecule has 0 aliphatic rings. The number of carbonyl (C=O) groups is 5. The lowest BCUT2D eigenvalue weighted by atomic mass is 10.1. The van der Waals surface area contributed by atoms with Crippen LogP contribution in [0.3, 0.4) is 0 Å². The molecule has 0 spiro atoms. The number of anilines is 4. The topological polar surface area (TPSA) is 186 Å². The van der Waals surface area contributed by atoms with Gasteiger partial charge in [0.1, 0.15) is 0 Å². The van der Waals surface area contributed by atoms with E-state index in [-0.39, 0.29) is 38.8 Å². The molecule has 50 heavy (non-hydrogen) atoms. The van der Waals surface area contributed by atoms with Gasteiger partial charge in [-0.1, -0.05) is 41.4 Å². The maximum Gasteiger partial charge on any atom is 0.490 e. The van der Waals surface area contributed by atoms with Gasteiger partial charge < -0.3 is 31.3 Å². The van der Waals surface area contributed by atoms with Crippen molar-refractivity contribution in [3.8, 4) is 0 Å². The second-order valence-corrected chi connectivity index (χ2v) is 11.0. The number of aliphatic carboxylic acids is 1. The average Bonchev–Trinajstić information content (AvgIpc) is 3.50. The Labute approximate surface area is 292 Å². The molecule has 4 amide bonds. The molecule has 6 N–H and O–H groups in total. The second kappa shape index (κ2) is 17.6. The number of benzene rings is 3. The Bertz CT molecular complexity index is 1880. The predicted molar refractivity (Wildman–Crippen MR) is 182 cm³/mol. The minimum Gasteiger partial charge on any atom is -0.475 e. The van der Waals surface area contributed by atoms with Crippen molar-refractivity contribution < 1.29 is 42.3 Å². The number of carbonyl (C=O) groups excluding carboxylic acids is 4. The van der Waals surface area contributed by atoms with E-state index in [4.69, 9.17) is 33.1 Å². The van der Waals surface area contributed by atoms with E-state index in [0.717, 1.165) is 0 Å². The van der Waals surface area contributed by atoms with Crippen LogP contribution in [0.4, 0.5) is 35.9 Å². The maximum absolute atomic E-state index is 12.9. The molecule has 0 radical (unpaired) electrons. The fourth-order valence-electron chi connectivity index (χ4n) is 3.78. The molecule has 13 nitrogen and oxygen atoms in total. The van der Waals surface area contributed by atoms with Gasteiger partial charge in [-0.2, -0.15) is 18.3 Å². The lowest BCUT2D eigenvalue weighted by molar-refractivity contribution is -0.192. The van der Waals surface area contributed by atoms with Crippen LogP contribution in [-0.4, -0.2) is 76.6 Å². The van der Waals surface area contributed by atoms with Gasteiger partial charge in [-0.15, -0.1) is 0 Å². The summed E-state index contributed by atoms with van der Waals surface area (Å²) < 4.78 is 31.7. The Balaban J connectivity index is 0.000000872. The van der Waals surface area contributed by atoms with Crippen LogP contribution in [0.1, 0.15) is 31.2 Å². The molecular formula is C32H28Cl2F3N7O6. The Kier molecular flexibility index (Phi) is 13.6. The zero-order valence-corrected chi connectivity index (χ0v) is 27.6. The summed E-state index contributed by atoms with van der Waals surface area (Å²) in [6.45, 7) is 0.626. The van der Waals surface area contributed by atoms with Gasteiger partial charge in [-0.3, -0.25) is 24.3 Å². The monoisotopic (exact) mass is 733 g/mol. The van der Waals surface area contributed by atoms with Crippen molar-refractivity contribution in [2.45, 2.75) is 6.18 Å². The van der Waals surface area contributed by atoms with Crippen molar-refractivity contribution >= 4 is 75.5 Å². The molecule has 0 fully saturated rings. The van der Waals surface area contributed by atoms with Crippen LogP contribution in [0.2, 0.25) is 10.0 Å². The van der Waals surface area contributed by atoms with Crippen molar-refractivity contribution in [1.29, 1.82) is 0 Å². The van der Waals surface area contributed by atoms with Gasteiger partial charge in [0.15, 0.2) is 5.69 Å². The van der Waals surface area contributed by atoms with Gasteiger partial charge in [0, 0.05) is 41.4 Å². The number of hydrogen-bond donors (Lipinski definition) is 6. The van der Waals surface area contributed by atoms with Gasteiger partial charge in [-0.05, 0) is 68.7 Å². The predicted octanol–water partition coefficient (Wildman–Crippen LogP) is 6.16. The summed E-state index contributed by atoms with van der Waals surface area (Å²) in [4.78, 5) is 61.4. The molecule has 0 aliphatic heterocycles. The first-order valence-electron chi connectivity index (χ1n) is 14.1. The molecule has 0 atom stereocenters. The standard InChI is InChI=1S/C30H27Cl2N7O4.C2HF3O2/c1-39(2)15-5-10-25(40)34-21-7-3-6-18(16-21)28(41)35-19-11-13-20(14-12-19)36-30(43)27-24(17-33-38-27)37-29(42)26-22(31)8-4-9-23(26)32;3-2(4,5)1(6)7/h3-14,16-17H,15H2,1-2H3,(H,33,38)(H,34,40)(H,35,41)(H,36,43)(H,37,42);(H,6,7)/b10-5+;. The molecule has 0 saturated carbocycles. The minimum atomic E-state index is -5.08. The lowest BCUT2D eigenvalue weighted by Gasteiger charge is -2.10. The van der Waals surface area contributed by atoms with Crippen LogP contribution in [0.25, 0.3) is 0 Å². The summed E-state index contributed by atoms with van der Waals surface area (Å²) in [5, 5.41) is 24.7. The smallest absolute Gasteiger partial charge is 0.475 e. The zero-order valence-electron chi connectivity index (χ0n) is 26.1. The highest BCUT2D eigenvalue weighted by Gasteiger charge is 2.38. The summed E-state index contributed by atoms with van der Waals surface area (Å²) in [6.07, 6.45) is -0.548. The van der Waals surface area contributed by atoms with Gasteiger partial charge in [0.05, 0.1) is 21.3 Å². The lowest BCUT2D eigenvalue weighted by Crippen LogP contribution is -2.21. The Morgan fingerprint density at radius 1 is 0.820 bits per heavy atom. The van der Waals surface area contributed by atoms with Crippen molar-refractivity contribution in [2.24, 2.45) is 0 Å². The quantitative estimate of drug-likeness (QED) is 0.105. The van der Waals surface area contributed by atoms with Crippen molar-refractivity contribution in [3.05, 3.63) is 112 Å². The molecule has 4 rings (SSSR count).